The summed E-state index contributed by atoms with van der Waals surface area (Å²) in [6.07, 6.45) is 7.07. The maximum Gasteiger partial charge on any atom is 0.0654 e. The van der Waals surface area contributed by atoms with Crippen LogP contribution in [0.1, 0.15) is 25.0 Å². The van der Waals surface area contributed by atoms with Crippen LogP contribution in [0.5, 0.6) is 0 Å². The van der Waals surface area contributed by atoms with Gasteiger partial charge < -0.3 is 10.2 Å². The molecule has 2 aliphatic rings. The van der Waals surface area contributed by atoms with Crippen molar-refractivity contribution in [3.8, 4) is 0 Å². The Morgan fingerprint density at radius 3 is 3.31 bits per heavy atom. The highest BCUT2D eigenvalue weighted by Crippen LogP contribution is 2.26. The van der Waals surface area contributed by atoms with Gasteiger partial charge in [-0.25, -0.2) is 0 Å². The van der Waals surface area contributed by atoms with Gasteiger partial charge in [0, 0.05) is 31.7 Å². The zero-order valence-corrected chi connectivity index (χ0v) is 9.65. The molecule has 2 aliphatic heterocycles. The summed E-state index contributed by atoms with van der Waals surface area (Å²) in [4.78, 5) is 6.93. The number of rotatable bonds is 2. The molecule has 1 atom stereocenters. The lowest BCUT2D eigenvalue weighted by Crippen LogP contribution is -2.43. The molecule has 1 unspecified atom stereocenters. The summed E-state index contributed by atoms with van der Waals surface area (Å²) in [5.74, 6) is 0. The molecule has 3 heteroatoms. The number of hydrogen-bond donors (Lipinski definition) is 1. The van der Waals surface area contributed by atoms with Gasteiger partial charge in [0.15, 0.2) is 0 Å². The minimum absolute atomic E-state index is 0.680. The van der Waals surface area contributed by atoms with Gasteiger partial charge in [-0.2, -0.15) is 0 Å². The van der Waals surface area contributed by atoms with E-state index in [0.29, 0.717) is 6.04 Å². The van der Waals surface area contributed by atoms with Gasteiger partial charge >= 0.3 is 0 Å². The van der Waals surface area contributed by atoms with Gasteiger partial charge in [0.1, 0.15) is 0 Å². The number of fused-ring (bicyclic) bond motifs is 1. The van der Waals surface area contributed by atoms with Gasteiger partial charge in [-0.1, -0.05) is 6.42 Å². The molecule has 0 saturated carbocycles. The lowest BCUT2D eigenvalue weighted by atomic mass is 10.0. The lowest BCUT2D eigenvalue weighted by molar-refractivity contribution is 0.401. The normalized spacial score (nSPS) is 24.5. The molecule has 3 heterocycles. The predicted octanol–water partition coefficient (Wildman–Crippen LogP) is 1.59. The fourth-order valence-electron chi connectivity index (χ4n) is 2.81. The minimum Gasteiger partial charge on any atom is -0.368 e. The van der Waals surface area contributed by atoms with Crippen molar-refractivity contribution in [1.29, 1.82) is 0 Å². The Bertz CT molecular complexity index is 358. The van der Waals surface area contributed by atoms with Gasteiger partial charge in [-0.05, 0) is 31.5 Å². The summed E-state index contributed by atoms with van der Waals surface area (Å²) in [6, 6.07) is 4.93. The monoisotopic (exact) mass is 217 g/mol. The topological polar surface area (TPSA) is 28.2 Å². The molecule has 0 amide bonds. The second-order valence-corrected chi connectivity index (χ2v) is 4.81. The van der Waals surface area contributed by atoms with Crippen LogP contribution in [0.4, 0.5) is 5.69 Å². The van der Waals surface area contributed by atoms with Crippen LogP contribution >= 0.6 is 0 Å². The third-order valence-corrected chi connectivity index (χ3v) is 3.68. The zero-order chi connectivity index (χ0) is 10.8. The van der Waals surface area contributed by atoms with Crippen LogP contribution in [0.25, 0.3) is 0 Å². The molecule has 0 radical (unpaired) electrons. The van der Waals surface area contributed by atoms with E-state index in [1.54, 1.807) is 0 Å². The summed E-state index contributed by atoms with van der Waals surface area (Å²) in [6.45, 7) is 3.49. The first-order valence-electron chi connectivity index (χ1n) is 6.36. The lowest BCUT2D eigenvalue weighted by Gasteiger charge is -2.29. The van der Waals surface area contributed by atoms with Crippen molar-refractivity contribution in [3.63, 3.8) is 0 Å². The van der Waals surface area contributed by atoms with Crippen molar-refractivity contribution in [2.45, 2.75) is 31.7 Å². The van der Waals surface area contributed by atoms with Crippen LogP contribution in [-0.2, 0) is 6.42 Å². The van der Waals surface area contributed by atoms with Crippen molar-refractivity contribution in [2.24, 2.45) is 0 Å². The fourth-order valence-corrected chi connectivity index (χ4v) is 2.81. The number of aromatic nitrogens is 1. The smallest absolute Gasteiger partial charge is 0.0654 e. The number of nitrogens with zero attached hydrogens (tertiary/aromatic N) is 2. The van der Waals surface area contributed by atoms with Crippen molar-refractivity contribution in [1.82, 2.24) is 10.3 Å². The van der Waals surface area contributed by atoms with Crippen LogP contribution in [0.15, 0.2) is 18.3 Å². The largest absolute Gasteiger partial charge is 0.368 e. The van der Waals surface area contributed by atoms with Crippen LogP contribution in [0, 0.1) is 0 Å². The maximum absolute atomic E-state index is 4.44. The van der Waals surface area contributed by atoms with E-state index < -0.39 is 0 Å². The highest BCUT2D eigenvalue weighted by molar-refractivity contribution is 5.54. The van der Waals surface area contributed by atoms with Crippen LogP contribution < -0.4 is 10.2 Å². The van der Waals surface area contributed by atoms with Gasteiger partial charge in [0.25, 0.3) is 0 Å². The molecular formula is C13H19N3. The Morgan fingerprint density at radius 1 is 1.44 bits per heavy atom. The fraction of sp³-hybridized carbons (Fsp3) is 0.615. The number of nitrogens with one attached hydrogen (secondary N) is 1. The van der Waals surface area contributed by atoms with Crippen molar-refractivity contribution in [2.75, 3.05) is 24.5 Å². The Morgan fingerprint density at radius 2 is 2.44 bits per heavy atom. The van der Waals surface area contributed by atoms with Gasteiger partial charge in [-0.15, -0.1) is 0 Å². The van der Waals surface area contributed by atoms with E-state index in [0.717, 1.165) is 19.5 Å². The number of pyridine rings is 1. The van der Waals surface area contributed by atoms with E-state index in [2.05, 4.69) is 21.3 Å². The Labute approximate surface area is 96.9 Å². The summed E-state index contributed by atoms with van der Waals surface area (Å²) in [5, 5.41) is 3.61. The second-order valence-electron chi connectivity index (χ2n) is 4.81. The Balaban J connectivity index is 1.68. The van der Waals surface area contributed by atoms with Crippen LogP contribution in [0.3, 0.4) is 0 Å². The predicted molar refractivity (Wildman–Crippen MR) is 65.8 cm³/mol. The summed E-state index contributed by atoms with van der Waals surface area (Å²) in [7, 11) is 0. The Kier molecular flexibility index (Phi) is 2.79. The van der Waals surface area contributed by atoms with Crippen molar-refractivity contribution >= 4 is 5.69 Å². The molecule has 0 aromatic carbocycles. The first-order chi connectivity index (χ1) is 7.93. The highest BCUT2D eigenvalue weighted by Gasteiger charge is 2.23. The van der Waals surface area contributed by atoms with E-state index in [-0.39, 0.29) is 0 Å². The molecule has 1 aromatic rings. The summed E-state index contributed by atoms with van der Waals surface area (Å²) < 4.78 is 0. The van der Waals surface area contributed by atoms with Crippen molar-refractivity contribution in [3.05, 3.63) is 24.0 Å². The number of piperidine rings is 1. The molecule has 1 aromatic heterocycles. The molecule has 0 spiro atoms. The molecule has 1 N–H and O–H groups in total. The molecule has 3 nitrogen and oxygen atoms in total. The minimum atomic E-state index is 0.680. The third kappa shape index (κ3) is 1.92. The molecule has 0 aliphatic carbocycles. The maximum atomic E-state index is 4.44. The average molecular weight is 217 g/mol. The summed E-state index contributed by atoms with van der Waals surface area (Å²) in [5.41, 5.74) is 2.63. The van der Waals surface area contributed by atoms with E-state index in [1.165, 1.54) is 37.2 Å². The van der Waals surface area contributed by atoms with Crippen LogP contribution in [0.2, 0.25) is 0 Å². The Hall–Kier alpha value is -1.09. The molecule has 0 bridgehead atoms. The average Bonchev–Trinajstić information content (AvgIpc) is 2.74. The number of anilines is 1. The molecular weight excluding hydrogens is 198 g/mol. The molecule has 1 saturated heterocycles. The van der Waals surface area contributed by atoms with E-state index >= 15 is 0 Å². The quantitative estimate of drug-likeness (QED) is 0.815. The highest BCUT2D eigenvalue weighted by atomic mass is 15.2. The molecule has 16 heavy (non-hydrogen) atoms. The first-order valence-corrected chi connectivity index (χ1v) is 6.36. The second kappa shape index (κ2) is 4.42. The molecule has 1 fully saturated rings. The number of hydrogen-bond acceptors (Lipinski definition) is 3. The molecule has 86 valence electrons. The van der Waals surface area contributed by atoms with E-state index in [9.17, 15) is 0 Å². The van der Waals surface area contributed by atoms with E-state index in [1.807, 2.05) is 12.3 Å². The van der Waals surface area contributed by atoms with Gasteiger partial charge in [0.05, 0.1) is 11.4 Å². The van der Waals surface area contributed by atoms with Crippen LogP contribution in [-0.4, -0.2) is 30.7 Å². The van der Waals surface area contributed by atoms with E-state index in [4.69, 9.17) is 0 Å². The SMILES string of the molecule is c1cnc2c(c1)N(CC1CCCCN1)CC2. The summed E-state index contributed by atoms with van der Waals surface area (Å²) >= 11 is 0. The standard InChI is InChI=1S/C13H19N3/c1-2-7-14-11(4-1)10-16-9-6-12-13(16)5-3-8-15-12/h3,5,8,11,14H,1-2,4,6-7,9-10H2. The van der Waals surface area contributed by atoms with Gasteiger partial charge in [0.2, 0.25) is 0 Å². The molecule has 3 rings (SSSR count). The van der Waals surface area contributed by atoms with Crippen molar-refractivity contribution < 1.29 is 0 Å². The zero-order valence-electron chi connectivity index (χ0n) is 9.65. The third-order valence-electron chi connectivity index (χ3n) is 3.68. The van der Waals surface area contributed by atoms with Gasteiger partial charge in [-0.3, -0.25) is 4.98 Å². The first kappa shape index (κ1) is 10.1.